The monoisotopic (exact) mass is 152 g/mol. The van der Waals surface area contributed by atoms with Gasteiger partial charge in [0.1, 0.15) is 5.60 Å². The van der Waals surface area contributed by atoms with Crippen molar-refractivity contribution in [3.8, 4) is 5.88 Å². The van der Waals surface area contributed by atoms with Gasteiger partial charge in [-0.25, -0.2) is 4.68 Å². The second kappa shape index (κ2) is 2.00. The predicted octanol–water partition coefficient (Wildman–Crippen LogP) is 1.44. The molecule has 0 saturated carbocycles. The highest BCUT2D eigenvalue weighted by molar-refractivity contribution is 5.13. The number of hydrogen-bond donors (Lipinski definition) is 0. The van der Waals surface area contributed by atoms with Crippen LogP contribution in [0, 0.1) is 0 Å². The van der Waals surface area contributed by atoms with Gasteiger partial charge in [-0.15, -0.1) is 0 Å². The molecule has 1 aromatic rings. The number of nitrogens with zero attached hydrogens (tertiary/aromatic N) is 2. The van der Waals surface area contributed by atoms with Crippen LogP contribution in [0.2, 0.25) is 0 Å². The molecule has 1 aliphatic rings. The van der Waals surface area contributed by atoms with E-state index in [1.54, 1.807) is 6.20 Å². The highest BCUT2D eigenvalue weighted by Gasteiger charge is 2.33. The van der Waals surface area contributed by atoms with Crippen LogP contribution in [-0.4, -0.2) is 15.4 Å². The Bertz CT molecular complexity index is 246. The van der Waals surface area contributed by atoms with Crippen LogP contribution in [0.1, 0.15) is 20.3 Å². The lowest BCUT2D eigenvalue weighted by atomic mass is 10.1. The Labute approximate surface area is 66.0 Å². The van der Waals surface area contributed by atoms with Crippen LogP contribution < -0.4 is 4.74 Å². The van der Waals surface area contributed by atoms with E-state index in [1.807, 2.05) is 10.7 Å². The Morgan fingerprint density at radius 2 is 2.64 bits per heavy atom. The van der Waals surface area contributed by atoms with E-state index in [9.17, 15) is 0 Å². The van der Waals surface area contributed by atoms with Crippen molar-refractivity contribution in [2.45, 2.75) is 32.4 Å². The summed E-state index contributed by atoms with van der Waals surface area (Å²) >= 11 is 0. The maximum atomic E-state index is 5.68. The first-order chi connectivity index (χ1) is 5.23. The largest absolute Gasteiger partial charge is 0.470 e. The summed E-state index contributed by atoms with van der Waals surface area (Å²) in [6, 6.07) is 1.90. The molecular formula is C8H12N2O. The zero-order valence-corrected chi connectivity index (χ0v) is 6.87. The Morgan fingerprint density at radius 3 is 3.27 bits per heavy atom. The fourth-order valence-electron chi connectivity index (χ4n) is 1.31. The van der Waals surface area contributed by atoms with Crippen molar-refractivity contribution in [2.75, 3.05) is 0 Å². The third-order valence-electron chi connectivity index (χ3n) is 2.26. The summed E-state index contributed by atoms with van der Waals surface area (Å²) in [6.07, 6.45) is 2.79. The minimum absolute atomic E-state index is 0.0242. The van der Waals surface area contributed by atoms with Crippen LogP contribution in [-0.2, 0) is 6.54 Å². The average molecular weight is 152 g/mol. The fraction of sp³-hybridized carbons (Fsp3) is 0.625. The second-order valence-corrected chi connectivity index (χ2v) is 3.23. The van der Waals surface area contributed by atoms with E-state index >= 15 is 0 Å². The van der Waals surface area contributed by atoms with Gasteiger partial charge in [0.2, 0.25) is 5.88 Å². The van der Waals surface area contributed by atoms with E-state index in [0.29, 0.717) is 0 Å². The lowest BCUT2D eigenvalue weighted by Crippen LogP contribution is -2.30. The molecule has 0 fully saturated rings. The molecule has 0 aliphatic carbocycles. The molecule has 60 valence electrons. The molecule has 0 amide bonds. The Hall–Kier alpha value is -0.990. The molecule has 0 N–H and O–H groups in total. The van der Waals surface area contributed by atoms with Crippen molar-refractivity contribution >= 4 is 0 Å². The van der Waals surface area contributed by atoms with Crippen LogP contribution in [0.4, 0.5) is 0 Å². The normalized spacial score (nSPS) is 28.2. The lowest BCUT2D eigenvalue weighted by Gasteiger charge is -2.19. The zero-order valence-electron chi connectivity index (χ0n) is 6.87. The van der Waals surface area contributed by atoms with Crippen LogP contribution in [0.5, 0.6) is 5.88 Å². The highest BCUT2D eigenvalue weighted by atomic mass is 16.5. The summed E-state index contributed by atoms with van der Waals surface area (Å²) in [6.45, 7) is 5.12. The summed E-state index contributed by atoms with van der Waals surface area (Å²) in [5.41, 5.74) is -0.0242. The smallest absolute Gasteiger partial charge is 0.212 e. The molecule has 3 heteroatoms. The maximum Gasteiger partial charge on any atom is 0.212 e. The maximum absolute atomic E-state index is 5.68. The van der Waals surface area contributed by atoms with Gasteiger partial charge >= 0.3 is 0 Å². The summed E-state index contributed by atoms with van der Waals surface area (Å²) in [5.74, 6) is 0.898. The summed E-state index contributed by atoms with van der Waals surface area (Å²) in [7, 11) is 0. The van der Waals surface area contributed by atoms with E-state index < -0.39 is 0 Å². The number of fused-ring (bicyclic) bond motifs is 1. The highest BCUT2D eigenvalue weighted by Crippen LogP contribution is 2.29. The van der Waals surface area contributed by atoms with E-state index in [2.05, 4.69) is 18.9 Å². The van der Waals surface area contributed by atoms with Gasteiger partial charge in [-0.3, -0.25) is 0 Å². The van der Waals surface area contributed by atoms with E-state index in [0.717, 1.165) is 18.8 Å². The first kappa shape index (κ1) is 6.70. The number of ether oxygens (including phenoxy) is 1. The van der Waals surface area contributed by atoms with Gasteiger partial charge in [0.05, 0.1) is 12.7 Å². The van der Waals surface area contributed by atoms with E-state index in [4.69, 9.17) is 4.74 Å². The average Bonchev–Trinajstić information content (AvgIpc) is 2.46. The molecule has 0 bridgehead atoms. The standard InChI is InChI=1S/C8H12N2O/c1-3-8(2)6-10-7(11-8)4-5-9-10/h4-5H,3,6H2,1-2H3/t8-/m1/s1. The molecule has 0 radical (unpaired) electrons. The molecule has 1 aromatic heterocycles. The molecule has 0 spiro atoms. The van der Waals surface area contributed by atoms with Crippen LogP contribution >= 0.6 is 0 Å². The summed E-state index contributed by atoms with van der Waals surface area (Å²) in [5, 5.41) is 4.13. The molecule has 1 aliphatic heterocycles. The molecule has 11 heavy (non-hydrogen) atoms. The Morgan fingerprint density at radius 1 is 1.82 bits per heavy atom. The van der Waals surface area contributed by atoms with Crippen molar-refractivity contribution < 1.29 is 4.74 Å². The first-order valence-electron chi connectivity index (χ1n) is 3.94. The minimum atomic E-state index is -0.0242. The Balaban J connectivity index is 2.28. The molecule has 2 rings (SSSR count). The van der Waals surface area contributed by atoms with Crippen LogP contribution in [0.15, 0.2) is 12.3 Å². The second-order valence-electron chi connectivity index (χ2n) is 3.23. The lowest BCUT2D eigenvalue weighted by molar-refractivity contribution is 0.108. The van der Waals surface area contributed by atoms with Crippen LogP contribution in [0.25, 0.3) is 0 Å². The summed E-state index contributed by atoms with van der Waals surface area (Å²) < 4.78 is 7.59. The van der Waals surface area contributed by atoms with Crippen molar-refractivity contribution in [3.05, 3.63) is 12.3 Å². The van der Waals surface area contributed by atoms with Crippen molar-refractivity contribution in [1.29, 1.82) is 0 Å². The molecule has 0 saturated heterocycles. The van der Waals surface area contributed by atoms with E-state index in [1.165, 1.54) is 0 Å². The first-order valence-corrected chi connectivity index (χ1v) is 3.94. The van der Waals surface area contributed by atoms with Gasteiger partial charge in [-0.1, -0.05) is 6.92 Å². The molecular weight excluding hydrogens is 140 g/mol. The minimum Gasteiger partial charge on any atom is -0.470 e. The van der Waals surface area contributed by atoms with Gasteiger partial charge in [-0.05, 0) is 13.3 Å². The number of aromatic nitrogens is 2. The van der Waals surface area contributed by atoms with Crippen LogP contribution in [0.3, 0.4) is 0 Å². The van der Waals surface area contributed by atoms with Crippen molar-refractivity contribution in [1.82, 2.24) is 9.78 Å². The fourth-order valence-corrected chi connectivity index (χ4v) is 1.31. The third kappa shape index (κ3) is 0.914. The van der Waals surface area contributed by atoms with Gasteiger partial charge in [0.15, 0.2) is 0 Å². The van der Waals surface area contributed by atoms with Crippen molar-refractivity contribution in [2.24, 2.45) is 0 Å². The summed E-state index contributed by atoms with van der Waals surface area (Å²) in [4.78, 5) is 0. The van der Waals surface area contributed by atoms with Gasteiger partial charge in [0, 0.05) is 6.07 Å². The molecule has 3 nitrogen and oxygen atoms in total. The Kier molecular flexibility index (Phi) is 1.22. The molecule has 1 atom stereocenters. The predicted molar refractivity (Wildman–Crippen MR) is 41.6 cm³/mol. The third-order valence-corrected chi connectivity index (χ3v) is 2.26. The number of hydrogen-bond acceptors (Lipinski definition) is 2. The van der Waals surface area contributed by atoms with E-state index in [-0.39, 0.29) is 5.60 Å². The molecule has 0 aromatic carbocycles. The topological polar surface area (TPSA) is 27.1 Å². The zero-order chi connectivity index (χ0) is 7.90. The quantitative estimate of drug-likeness (QED) is 0.609. The van der Waals surface area contributed by atoms with Gasteiger partial charge < -0.3 is 4.74 Å². The van der Waals surface area contributed by atoms with Gasteiger partial charge in [0.25, 0.3) is 0 Å². The molecule has 0 unspecified atom stereocenters. The van der Waals surface area contributed by atoms with Crippen molar-refractivity contribution in [3.63, 3.8) is 0 Å². The number of rotatable bonds is 1. The SMILES string of the molecule is CC[C@]1(C)Cn2nccc2O1. The van der Waals surface area contributed by atoms with Gasteiger partial charge in [-0.2, -0.15) is 5.10 Å². The molecule has 2 heterocycles.